The van der Waals surface area contributed by atoms with Crippen LogP contribution in [0.5, 0.6) is 0 Å². The molecule has 0 atom stereocenters. The Morgan fingerprint density at radius 3 is 2.28 bits per heavy atom. The SMILES string of the molecule is CCc1nc(N)nc(N2CCCN(S(=O)(=O)N3CCCC3)CC2)c1C. The van der Waals surface area contributed by atoms with Crippen molar-refractivity contribution in [2.75, 3.05) is 49.9 Å². The summed E-state index contributed by atoms with van der Waals surface area (Å²) >= 11 is 0. The number of aromatic nitrogens is 2. The van der Waals surface area contributed by atoms with E-state index >= 15 is 0 Å². The molecule has 0 aromatic carbocycles. The first-order valence-electron chi connectivity index (χ1n) is 9.06. The van der Waals surface area contributed by atoms with Crippen LogP contribution in [0, 0.1) is 6.92 Å². The summed E-state index contributed by atoms with van der Waals surface area (Å²) in [4.78, 5) is 10.9. The highest BCUT2D eigenvalue weighted by atomic mass is 32.2. The van der Waals surface area contributed by atoms with Crippen molar-refractivity contribution < 1.29 is 8.42 Å². The van der Waals surface area contributed by atoms with Gasteiger partial charge in [-0.25, -0.2) is 4.98 Å². The first-order valence-corrected chi connectivity index (χ1v) is 10.5. The topological polar surface area (TPSA) is 95.7 Å². The number of hydrogen-bond donors (Lipinski definition) is 1. The summed E-state index contributed by atoms with van der Waals surface area (Å²) in [5.41, 5.74) is 7.85. The Morgan fingerprint density at radius 1 is 0.960 bits per heavy atom. The second kappa shape index (κ2) is 7.43. The summed E-state index contributed by atoms with van der Waals surface area (Å²) in [7, 11) is -3.34. The summed E-state index contributed by atoms with van der Waals surface area (Å²) in [6.07, 6.45) is 3.49. The molecule has 0 amide bonds. The minimum atomic E-state index is -3.34. The fourth-order valence-electron chi connectivity index (χ4n) is 3.64. The highest BCUT2D eigenvalue weighted by molar-refractivity contribution is 7.86. The van der Waals surface area contributed by atoms with Crippen LogP contribution in [-0.2, 0) is 16.6 Å². The normalized spacial score (nSPS) is 20.8. The fourth-order valence-corrected chi connectivity index (χ4v) is 5.36. The molecule has 2 fully saturated rings. The van der Waals surface area contributed by atoms with Crippen molar-refractivity contribution in [3.05, 3.63) is 11.3 Å². The maximum absolute atomic E-state index is 12.8. The fraction of sp³-hybridized carbons (Fsp3) is 0.750. The van der Waals surface area contributed by atoms with Gasteiger partial charge in [0.05, 0.1) is 5.69 Å². The molecule has 0 bridgehead atoms. The van der Waals surface area contributed by atoms with E-state index in [1.165, 1.54) is 0 Å². The Labute approximate surface area is 150 Å². The van der Waals surface area contributed by atoms with Gasteiger partial charge in [-0.15, -0.1) is 0 Å². The monoisotopic (exact) mass is 368 g/mol. The van der Waals surface area contributed by atoms with Gasteiger partial charge >= 0.3 is 0 Å². The molecule has 3 heterocycles. The van der Waals surface area contributed by atoms with Crippen molar-refractivity contribution in [3.63, 3.8) is 0 Å². The van der Waals surface area contributed by atoms with E-state index in [-0.39, 0.29) is 5.95 Å². The zero-order valence-corrected chi connectivity index (χ0v) is 15.9. The van der Waals surface area contributed by atoms with Crippen LogP contribution < -0.4 is 10.6 Å². The quantitative estimate of drug-likeness (QED) is 0.844. The zero-order chi connectivity index (χ0) is 18.0. The highest BCUT2D eigenvalue weighted by Gasteiger charge is 2.33. The lowest BCUT2D eigenvalue weighted by atomic mass is 10.2. The summed E-state index contributed by atoms with van der Waals surface area (Å²) in [6.45, 7) is 7.76. The molecule has 9 heteroatoms. The smallest absolute Gasteiger partial charge is 0.282 e. The van der Waals surface area contributed by atoms with Gasteiger partial charge in [-0.05, 0) is 32.6 Å². The molecule has 2 saturated heterocycles. The van der Waals surface area contributed by atoms with Gasteiger partial charge in [0, 0.05) is 44.8 Å². The molecule has 1 aromatic rings. The van der Waals surface area contributed by atoms with Gasteiger partial charge in [0.1, 0.15) is 5.82 Å². The van der Waals surface area contributed by atoms with Crippen molar-refractivity contribution in [3.8, 4) is 0 Å². The molecule has 0 unspecified atom stereocenters. The Hall–Kier alpha value is -1.45. The molecule has 2 aliphatic heterocycles. The molecule has 0 saturated carbocycles. The largest absolute Gasteiger partial charge is 0.368 e. The summed E-state index contributed by atoms with van der Waals surface area (Å²) in [5.74, 6) is 1.12. The van der Waals surface area contributed by atoms with Gasteiger partial charge in [0.2, 0.25) is 5.95 Å². The van der Waals surface area contributed by atoms with E-state index in [1.54, 1.807) is 8.61 Å². The van der Waals surface area contributed by atoms with Crippen molar-refractivity contribution in [2.45, 2.75) is 39.5 Å². The van der Waals surface area contributed by atoms with Crippen molar-refractivity contribution in [1.82, 2.24) is 18.6 Å². The third kappa shape index (κ3) is 3.73. The van der Waals surface area contributed by atoms with Gasteiger partial charge in [-0.1, -0.05) is 6.92 Å². The standard InChI is InChI=1S/C16H28N6O2S/c1-3-14-13(2)15(19-16(17)18-14)20-7-6-10-22(12-11-20)25(23,24)21-8-4-5-9-21/h3-12H2,1-2H3,(H2,17,18,19). The van der Waals surface area contributed by atoms with Crippen LogP contribution >= 0.6 is 0 Å². The molecule has 2 aliphatic rings. The average molecular weight is 369 g/mol. The molecule has 2 N–H and O–H groups in total. The number of hydrogen-bond acceptors (Lipinski definition) is 6. The summed E-state index contributed by atoms with van der Waals surface area (Å²) in [6, 6.07) is 0. The second-order valence-corrected chi connectivity index (χ2v) is 8.61. The summed E-state index contributed by atoms with van der Waals surface area (Å²) in [5, 5.41) is 0. The number of anilines is 2. The minimum absolute atomic E-state index is 0.281. The van der Waals surface area contributed by atoms with Crippen LogP contribution in [0.2, 0.25) is 0 Å². The van der Waals surface area contributed by atoms with Crippen molar-refractivity contribution in [2.24, 2.45) is 0 Å². The molecular weight excluding hydrogens is 340 g/mol. The van der Waals surface area contributed by atoms with Crippen molar-refractivity contribution >= 4 is 22.0 Å². The Bertz CT molecular complexity index is 718. The molecule has 0 radical (unpaired) electrons. The van der Waals surface area contributed by atoms with Crippen LogP contribution in [0.4, 0.5) is 11.8 Å². The predicted molar refractivity (Wildman–Crippen MR) is 98.7 cm³/mol. The summed E-state index contributed by atoms with van der Waals surface area (Å²) < 4.78 is 28.8. The zero-order valence-electron chi connectivity index (χ0n) is 15.1. The minimum Gasteiger partial charge on any atom is -0.368 e. The van der Waals surface area contributed by atoms with E-state index in [9.17, 15) is 8.42 Å². The average Bonchev–Trinajstić information content (AvgIpc) is 3.02. The third-order valence-corrected chi connectivity index (χ3v) is 7.08. The second-order valence-electron chi connectivity index (χ2n) is 6.68. The van der Waals surface area contributed by atoms with Crippen LogP contribution in [0.25, 0.3) is 0 Å². The van der Waals surface area contributed by atoms with E-state index in [2.05, 4.69) is 14.9 Å². The predicted octanol–water partition coefficient (Wildman–Crippen LogP) is 0.782. The van der Waals surface area contributed by atoms with E-state index in [0.29, 0.717) is 32.7 Å². The first-order chi connectivity index (χ1) is 11.9. The van der Waals surface area contributed by atoms with Gasteiger partial charge in [-0.3, -0.25) is 0 Å². The highest BCUT2D eigenvalue weighted by Crippen LogP contribution is 2.24. The van der Waals surface area contributed by atoms with Gasteiger partial charge in [-0.2, -0.15) is 22.0 Å². The van der Waals surface area contributed by atoms with Gasteiger partial charge in [0.25, 0.3) is 10.2 Å². The lowest BCUT2D eigenvalue weighted by Crippen LogP contribution is -2.44. The molecule has 8 nitrogen and oxygen atoms in total. The molecular formula is C16H28N6O2S. The first kappa shape index (κ1) is 18.3. The molecule has 1 aromatic heterocycles. The van der Waals surface area contributed by atoms with E-state index < -0.39 is 10.2 Å². The van der Waals surface area contributed by atoms with Crippen LogP contribution in [0.15, 0.2) is 0 Å². The Kier molecular flexibility index (Phi) is 5.45. The Balaban J connectivity index is 1.77. The lowest BCUT2D eigenvalue weighted by Gasteiger charge is -2.27. The number of nitrogens with zero attached hydrogens (tertiary/aromatic N) is 5. The number of nitrogen functional groups attached to an aromatic ring is 1. The van der Waals surface area contributed by atoms with E-state index in [0.717, 1.165) is 49.3 Å². The molecule has 3 rings (SSSR count). The molecule has 0 aliphatic carbocycles. The third-order valence-electron chi connectivity index (χ3n) is 5.05. The van der Waals surface area contributed by atoms with Gasteiger partial charge in [0.15, 0.2) is 0 Å². The lowest BCUT2D eigenvalue weighted by molar-refractivity contribution is 0.373. The maximum atomic E-state index is 12.8. The van der Waals surface area contributed by atoms with Gasteiger partial charge < -0.3 is 10.6 Å². The van der Waals surface area contributed by atoms with Crippen molar-refractivity contribution in [1.29, 1.82) is 0 Å². The van der Waals surface area contributed by atoms with Crippen LogP contribution in [0.3, 0.4) is 0 Å². The molecule has 140 valence electrons. The number of rotatable bonds is 4. The van der Waals surface area contributed by atoms with E-state index in [4.69, 9.17) is 5.73 Å². The Morgan fingerprint density at radius 2 is 1.60 bits per heavy atom. The van der Waals surface area contributed by atoms with E-state index in [1.807, 2.05) is 13.8 Å². The van der Waals surface area contributed by atoms with Crippen LogP contribution in [0.1, 0.15) is 37.4 Å². The van der Waals surface area contributed by atoms with Crippen LogP contribution in [-0.4, -0.2) is 66.3 Å². The number of nitrogens with two attached hydrogens (primary N) is 1. The molecule has 0 spiro atoms. The molecule has 25 heavy (non-hydrogen) atoms. The number of aryl methyl sites for hydroxylation is 1. The maximum Gasteiger partial charge on any atom is 0.282 e.